The topological polar surface area (TPSA) is 89.2 Å². The van der Waals surface area contributed by atoms with Gasteiger partial charge in [0.15, 0.2) is 5.65 Å². The van der Waals surface area contributed by atoms with E-state index in [2.05, 4.69) is 39.7 Å². The summed E-state index contributed by atoms with van der Waals surface area (Å²) in [4.78, 5) is 4.85. The number of rotatable bonds is 6. The highest BCUT2D eigenvalue weighted by Crippen LogP contribution is 2.28. The fourth-order valence-electron chi connectivity index (χ4n) is 3.83. The maximum atomic E-state index is 13.3. The van der Waals surface area contributed by atoms with Gasteiger partial charge in [0.05, 0.1) is 10.4 Å². The Labute approximate surface area is 192 Å². The maximum Gasteiger partial charge on any atom is 0.229 e. The second-order valence-electron chi connectivity index (χ2n) is 8.12. The molecule has 33 heavy (non-hydrogen) atoms. The van der Waals surface area contributed by atoms with Crippen LogP contribution in [0, 0.1) is 6.92 Å². The van der Waals surface area contributed by atoms with E-state index >= 15 is 0 Å². The van der Waals surface area contributed by atoms with E-state index in [-0.39, 0.29) is 21.5 Å². The van der Waals surface area contributed by atoms with E-state index in [0.717, 1.165) is 16.5 Å². The van der Waals surface area contributed by atoms with Crippen molar-refractivity contribution in [1.82, 2.24) is 19.8 Å². The van der Waals surface area contributed by atoms with Gasteiger partial charge in [-0.1, -0.05) is 72.3 Å². The number of fused-ring (bicyclic) bond motifs is 3. The summed E-state index contributed by atoms with van der Waals surface area (Å²) in [5, 5.41) is 12.3. The predicted octanol–water partition coefficient (Wildman–Crippen LogP) is 4.63. The maximum absolute atomic E-state index is 13.3. The van der Waals surface area contributed by atoms with Crippen LogP contribution in [0.4, 0.5) is 5.82 Å². The molecule has 1 N–H and O–H groups in total. The van der Waals surface area contributed by atoms with Crippen molar-refractivity contribution in [2.45, 2.75) is 29.7 Å². The van der Waals surface area contributed by atoms with Crippen molar-refractivity contribution in [2.24, 2.45) is 0 Å². The molecular formula is C25H23N5O2S. The zero-order valence-electron chi connectivity index (χ0n) is 18.3. The number of benzene rings is 3. The van der Waals surface area contributed by atoms with Crippen molar-refractivity contribution in [2.75, 3.05) is 11.9 Å². The van der Waals surface area contributed by atoms with Crippen molar-refractivity contribution in [1.29, 1.82) is 0 Å². The molecule has 0 fully saturated rings. The summed E-state index contributed by atoms with van der Waals surface area (Å²) in [6, 6.07) is 24.5. The smallest absolute Gasteiger partial charge is 0.229 e. The summed E-state index contributed by atoms with van der Waals surface area (Å²) in [5.74, 6) is 0.838. The number of nitrogens with one attached hydrogen (secondary N) is 1. The van der Waals surface area contributed by atoms with E-state index in [0.29, 0.717) is 12.4 Å². The zero-order chi connectivity index (χ0) is 23.0. The molecule has 5 aromatic rings. The molecule has 0 saturated carbocycles. The number of sulfone groups is 1. The van der Waals surface area contributed by atoms with Crippen LogP contribution in [0.15, 0.2) is 88.8 Å². The van der Waals surface area contributed by atoms with Crippen LogP contribution in [0.2, 0.25) is 0 Å². The molecule has 8 heteroatoms. The van der Waals surface area contributed by atoms with Gasteiger partial charge in [-0.15, -0.1) is 5.10 Å². The molecular weight excluding hydrogens is 434 g/mol. The lowest BCUT2D eigenvalue weighted by Crippen LogP contribution is -2.12. The lowest BCUT2D eigenvalue weighted by atomic mass is 10.0. The van der Waals surface area contributed by atoms with Crippen LogP contribution in [-0.2, 0) is 9.84 Å². The summed E-state index contributed by atoms with van der Waals surface area (Å²) >= 11 is 0. The summed E-state index contributed by atoms with van der Waals surface area (Å²) < 4.78 is 28.2. The first-order chi connectivity index (χ1) is 15.9. The molecule has 0 saturated heterocycles. The first kappa shape index (κ1) is 21.1. The second kappa shape index (κ2) is 8.29. The van der Waals surface area contributed by atoms with Crippen molar-refractivity contribution < 1.29 is 8.42 Å². The minimum absolute atomic E-state index is 0.156. The number of nitrogens with zero attached hydrogens (tertiary/aromatic N) is 4. The summed E-state index contributed by atoms with van der Waals surface area (Å²) in [7, 11) is -3.88. The third kappa shape index (κ3) is 3.82. The van der Waals surface area contributed by atoms with Gasteiger partial charge in [-0.05, 0) is 42.7 Å². The third-order valence-corrected chi connectivity index (χ3v) is 7.42. The Morgan fingerprint density at radius 1 is 0.939 bits per heavy atom. The molecule has 0 radical (unpaired) electrons. The molecule has 0 amide bonds. The van der Waals surface area contributed by atoms with Gasteiger partial charge in [0.25, 0.3) is 0 Å². The molecule has 3 aromatic carbocycles. The number of para-hydroxylation sites is 1. The number of aromatic nitrogens is 4. The quantitative estimate of drug-likeness (QED) is 0.400. The standard InChI is InChI=1S/C25H23N5O2S/c1-17-12-14-20(15-13-17)33(31,32)25-24-27-23(26-16-18(2)19-8-4-3-5-9-19)21-10-6-7-11-22(21)30(24)29-28-25/h3-15,18H,16H2,1-2H3,(H,26,27)/t18-/m1/s1. The lowest BCUT2D eigenvalue weighted by Gasteiger charge is -2.15. The van der Waals surface area contributed by atoms with E-state index in [1.54, 1.807) is 24.3 Å². The molecule has 2 heterocycles. The van der Waals surface area contributed by atoms with Gasteiger partial charge in [0, 0.05) is 11.9 Å². The molecule has 5 rings (SSSR count). The van der Waals surface area contributed by atoms with Crippen LogP contribution in [0.25, 0.3) is 16.6 Å². The Bertz CT molecular complexity index is 1550. The molecule has 0 aliphatic heterocycles. The van der Waals surface area contributed by atoms with Crippen molar-refractivity contribution in [3.05, 3.63) is 90.0 Å². The van der Waals surface area contributed by atoms with E-state index in [4.69, 9.17) is 0 Å². The van der Waals surface area contributed by atoms with Gasteiger partial charge in [-0.2, -0.15) is 4.52 Å². The normalized spacial score (nSPS) is 12.8. The molecule has 7 nitrogen and oxygen atoms in total. The molecule has 0 unspecified atom stereocenters. The highest BCUT2D eigenvalue weighted by Gasteiger charge is 2.27. The Hall–Kier alpha value is -3.78. The number of hydrogen-bond donors (Lipinski definition) is 1. The van der Waals surface area contributed by atoms with Crippen LogP contribution in [0.1, 0.15) is 24.0 Å². The molecule has 1 atom stereocenters. The largest absolute Gasteiger partial charge is 0.369 e. The Kier molecular flexibility index (Phi) is 5.30. The van der Waals surface area contributed by atoms with E-state index < -0.39 is 9.84 Å². The lowest BCUT2D eigenvalue weighted by molar-refractivity contribution is 0.592. The van der Waals surface area contributed by atoms with E-state index in [1.807, 2.05) is 49.4 Å². The highest BCUT2D eigenvalue weighted by molar-refractivity contribution is 7.91. The summed E-state index contributed by atoms with van der Waals surface area (Å²) in [6.45, 7) is 4.68. The number of hydrogen-bond acceptors (Lipinski definition) is 6. The summed E-state index contributed by atoms with van der Waals surface area (Å²) in [5.41, 5.74) is 3.12. The van der Waals surface area contributed by atoms with Crippen LogP contribution < -0.4 is 5.32 Å². The average molecular weight is 458 g/mol. The molecule has 0 bridgehead atoms. The van der Waals surface area contributed by atoms with Crippen LogP contribution >= 0.6 is 0 Å². The Morgan fingerprint density at radius 3 is 2.39 bits per heavy atom. The van der Waals surface area contributed by atoms with E-state index in [9.17, 15) is 8.42 Å². The van der Waals surface area contributed by atoms with Gasteiger partial charge >= 0.3 is 0 Å². The van der Waals surface area contributed by atoms with Gasteiger partial charge in [-0.3, -0.25) is 0 Å². The fourth-order valence-corrected chi connectivity index (χ4v) is 5.07. The van der Waals surface area contributed by atoms with E-state index in [1.165, 1.54) is 10.1 Å². The summed E-state index contributed by atoms with van der Waals surface area (Å²) in [6.07, 6.45) is 0. The Balaban J connectivity index is 1.60. The van der Waals surface area contributed by atoms with Gasteiger partial charge < -0.3 is 5.32 Å². The minimum Gasteiger partial charge on any atom is -0.369 e. The van der Waals surface area contributed by atoms with Crippen LogP contribution in [0.3, 0.4) is 0 Å². The third-order valence-electron chi connectivity index (χ3n) is 5.75. The number of aryl methyl sites for hydroxylation is 1. The van der Waals surface area contributed by atoms with Crippen molar-refractivity contribution >= 4 is 32.2 Å². The highest BCUT2D eigenvalue weighted by atomic mass is 32.2. The second-order valence-corrected chi connectivity index (χ2v) is 9.98. The molecule has 2 aromatic heterocycles. The van der Waals surface area contributed by atoms with Crippen molar-refractivity contribution in [3.63, 3.8) is 0 Å². The SMILES string of the molecule is Cc1ccc(S(=O)(=O)c2nnn3c2nc(NC[C@@H](C)c2ccccc2)c2ccccc23)cc1. The number of anilines is 1. The molecule has 166 valence electrons. The molecule has 0 aliphatic rings. The van der Waals surface area contributed by atoms with Gasteiger partial charge in [-0.25, -0.2) is 13.4 Å². The van der Waals surface area contributed by atoms with Crippen molar-refractivity contribution in [3.8, 4) is 0 Å². The van der Waals surface area contributed by atoms with Crippen LogP contribution in [-0.4, -0.2) is 34.8 Å². The predicted molar refractivity (Wildman–Crippen MR) is 128 cm³/mol. The minimum atomic E-state index is -3.88. The van der Waals surface area contributed by atoms with Gasteiger partial charge in [0.2, 0.25) is 14.9 Å². The zero-order valence-corrected chi connectivity index (χ0v) is 19.1. The molecule has 0 spiro atoms. The molecule has 0 aliphatic carbocycles. The first-order valence-electron chi connectivity index (χ1n) is 10.7. The van der Waals surface area contributed by atoms with Gasteiger partial charge in [0.1, 0.15) is 5.82 Å². The average Bonchev–Trinajstić information content (AvgIpc) is 3.28. The fraction of sp³-hybridized carbons (Fsp3) is 0.160. The van der Waals surface area contributed by atoms with Crippen LogP contribution in [0.5, 0.6) is 0 Å². The first-order valence-corrected chi connectivity index (χ1v) is 12.2. The monoisotopic (exact) mass is 457 g/mol. The Morgan fingerprint density at radius 2 is 1.64 bits per heavy atom.